The molecule has 1 aromatic heterocycles. The lowest BCUT2D eigenvalue weighted by atomic mass is 9.96. The smallest absolute Gasteiger partial charge is 0.308 e. The lowest BCUT2D eigenvalue weighted by Crippen LogP contribution is -2.36. The molecule has 0 aliphatic carbocycles. The summed E-state index contributed by atoms with van der Waals surface area (Å²) in [6.45, 7) is 6.27. The number of aryl methyl sites for hydroxylation is 1. The Morgan fingerprint density at radius 3 is 2.58 bits per heavy atom. The number of carbonyl (C=O) groups excluding carboxylic acids is 1. The Morgan fingerprint density at radius 1 is 1.47 bits per heavy atom. The van der Waals surface area contributed by atoms with Crippen molar-refractivity contribution in [2.45, 2.75) is 27.3 Å². The molecule has 0 spiro atoms. The van der Waals surface area contributed by atoms with E-state index < -0.39 is 11.9 Å². The SMILES string of the molecule is CCn1cc(Cl)cc1C(=O)NCC(C(=O)O)C(C)C. The molecule has 0 aliphatic heterocycles. The van der Waals surface area contributed by atoms with Gasteiger partial charge in [0.05, 0.1) is 10.9 Å². The van der Waals surface area contributed by atoms with Crippen LogP contribution in [0.25, 0.3) is 0 Å². The Kier molecular flexibility index (Phi) is 5.42. The molecule has 1 unspecified atom stereocenters. The number of carboxylic acid groups (broad SMARTS) is 1. The van der Waals surface area contributed by atoms with E-state index in [4.69, 9.17) is 16.7 Å². The van der Waals surface area contributed by atoms with Gasteiger partial charge in [-0.25, -0.2) is 0 Å². The number of nitrogens with zero attached hydrogens (tertiary/aromatic N) is 1. The monoisotopic (exact) mass is 286 g/mol. The summed E-state index contributed by atoms with van der Waals surface area (Å²) < 4.78 is 1.73. The molecule has 1 amide bonds. The van der Waals surface area contributed by atoms with Crippen LogP contribution in [-0.2, 0) is 11.3 Å². The van der Waals surface area contributed by atoms with Gasteiger partial charge in [-0.2, -0.15) is 0 Å². The minimum atomic E-state index is -0.904. The van der Waals surface area contributed by atoms with Crippen LogP contribution in [0.2, 0.25) is 5.02 Å². The van der Waals surface area contributed by atoms with Gasteiger partial charge < -0.3 is 15.0 Å². The van der Waals surface area contributed by atoms with E-state index in [2.05, 4.69) is 5.32 Å². The van der Waals surface area contributed by atoms with E-state index in [1.165, 1.54) is 0 Å². The van der Waals surface area contributed by atoms with Gasteiger partial charge in [0.1, 0.15) is 5.69 Å². The van der Waals surface area contributed by atoms with Gasteiger partial charge in [0, 0.05) is 19.3 Å². The van der Waals surface area contributed by atoms with Crippen molar-refractivity contribution in [2.75, 3.05) is 6.54 Å². The zero-order valence-electron chi connectivity index (χ0n) is 11.3. The number of carbonyl (C=O) groups is 2. The Bertz CT molecular complexity index is 468. The number of aliphatic carboxylic acids is 1. The lowest BCUT2D eigenvalue weighted by molar-refractivity contribution is -0.142. The minimum absolute atomic E-state index is 0.0423. The van der Waals surface area contributed by atoms with E-state index in [0.29, 0.717) is 17.3 Å². The number of amides is 1. The van der Waals surface area contributed by atoms with Crippen molar-refractivity contribution in [3.8, 4) is 0 Å². The maximum atomic E-state index is 12.0. The molecule has 106 valence electrons. The van der Waals surface area contributed by atoms with Crippen LogP contribution in [0, 0.1) is 11.8 Å². The number of carboxylic acids is 1. The third-order valence-electron chi connectivity index (χ3n) is 3.04. The van der Waals surface area contributed by atoms with Gasteiger partial charge in [0.2, 0.25) is 0 Å². The first-order chi connectivity index (χ1) is 8.86. The average Bonchev–Trinajstić information content (AvgIpc) is 2.69. The standard InChI is InChI=1S/C13H19ClN2O3/c1-4-16-7-9(14)5-11(16)12(17)15-6-10(8(2)3)13(18)19/h5,7-8,10H,4,6H2,1-3H3,(H,15,17)(H,18,19). The molecule has 0 aliphatic rings. The second-order valence-corrected chi connectivity index (χ2v) is 5.16. The first kappa shape index (κ1) is 15.6. The molecule has 19 heavy (non-hydrogen) atoms. The number of hydrogen-bond donors (Lipinski definition) is 2. The molecule has 5 nitrogen and oxygen atoms in total. The third kappa shape index (κ3) is 3.99. The predicted molar refractivity (Wildman–Crippen MR) is 73.4 cm³/mol. The van der Waals surface area contributed by atoms with Gasteiger partial charge in [-0.3, -0.25) is 9.59 Å². The van der Waals surface area contributed by atoms with E-state index in [1.54, 1.807) is 16.8 Å². The summed E-state index contributed by atoms with van der Waals surface area (Å²) in [5.41, 5.74) is 0.445. The number of hydrogen-bond acceptors (Lipinski definition) is 2. The zero-order valence-corrected chi connectivity index (χ0v) is 12.1. The summed E-state index contributed by atoms with van der Waals surface area (Å²) in [5, 5.41) is 12.2. The third-order valence-corrected chi connectivity index (χ3v) is 3.25. The van der Waals surface area contributed by atoms with Crippen LogP contribution in [0.5, 0.6) is 0 Å². The lowest BCUT2D eigenvalue weighted by Gasteiger charge is -2.17. The molecule has 0 aromatic carbocycles. The van der Waals surface area contributed by atoms with Crippen molar-refractivity contribution in [1.29, 1.82) is 0 Å². The molecule has 1 rings (SSSR count). The Labute approximate surface area is 117 Å². The number of rotatable bonds is 6. The van der Waals surface area contributed by atoms with Crippen LogP contribution in [-0.4, -0.2) is 28.1 Å². The van der Waals surface area contributed by atoms with Crippen LogP contribution >= 0.6 is 11.6 Å². The van der Waals surface area contributed by atoms with Crippen LogP contribution in [0.1, 0.15) is 31.3 Å². The highest BCUT2D eigenvalue weighted by molar-refractivity contribution is 6.31. The second-order valence-electron chi connectivity index (χ2n) is 4.73. The fourth-order valence-electron chi connectivity index (χ4n) is 1.83. The van der Waals surface area contributed by atoms with Gasteiger partial charge in [0.25, 0.3) is 5.91 Å². The fourth-order valence-corrected chi connectivity index (χ4v) is 2.05. The van der Waals surface area contributed by atoms with Crippen molar-refractivity contribution >= 4 is 23.5 Å². The number of aromatic nitrogens is 1. The Morgan fingerprint density at radius 2 is 2.11 bits per heavy atom. The normalized spacial score (nSPS) is 12.5. The highest BCUT2D eigenvalue weighted by Crippen LogP contribution is 2.15. The van der Waals surface area contributed by atoms with E-state index >= 15 is 0 Å². The summed E-state index contributed by atoms with van der Waals surface area (Å²) in [6.07, 6.45) is 1.67. The van der Waals surface area contributed by atoms with Crippen LogP contribution < -0.4 is 5.32 Å². The summed E-state index contributed by atoms with van der Waals surface area (Å²) in [4.78, 5) is 23.0. The first-order valence-electron chi connectivity index (χ1n) is 6.23. The van der Waals surface area contributed by atoms with E-state index in [0.717, 1.165) is 0 Å². The summed E-state index contributed by atoms with van der Waals surface area (Å²) in [6, 6.07) is 1.57. The zero-order chi connectivity index (χ0) is 14.6. The number of nitrogens with one attached hydrogen (secondary N) is 1. The predicted octanol–water partition coefficient (Wildman–Crippen LogP) is 2.25. The summed E-state index contributed by atoms with van der Waals surface area (Å²) >= 11 is 5.86. The molecule has 1 heterocycles. The molecule has 0 bridgehead atoms. The molecule has 1 aromatic rings. The maximum Gasteiger partial charge on any atom is 0.308 e. The van der Waals surface area contributed by atoms with E-state index in [1.807, 2.05) is 20.8 Å². The largest absolute Gasteiger partial charge is 0.481 e. The molecular formula is C13H19ClN2O3. The topological polar surface area (TPSA) is 71.3 Å². The van der Waals surface area contributed by atoms with Crippen LogP contribution in [0.4, 0.5) is 0 Å². The van der Waals surface area contributed by atoms with Gasteiger partial charge in [-0.15, -0.1) is 0 Å². The molecule has 2 N–H and O–H groups in total. The van der Waals surface area contributed by atoms with Crippen LogP contribution in [0.3, 0.4) is 0 Å². The van der Waals surface area contributed by atoms with E-state index in [-0.39, 0.29) is 18.4 Å². The number of halogens is 1. The molecule has 0 fully saturated rings. The maximum absolute atomic E-state index is 12.0. The molecule has 0 radical (unpaired) electrons. The van der Waals surface area contributed by atoms with Gasteiger partial charge in [-0.1, -0.05) is 25.4 Å². The van der Waals surface area contributed by atoms with E-state index in [9.17, 15) is 9.59 Å². The molecule has 1 atom stereocenters. The van der Waals surface area contributed by atoms with Gasteiger partial charge in [0.15, 0.2) is 0 Å². The average molecular weight is 287 g/mol. The molecule has 0 saturated carbocycles. The molecule has 0 saturated heterocycles. The van der Waals surface area contributed by atoms with Crippen molar-refractivity contribution in [3.63, 3.8) is 0 Å². The Balaban J connectivity index is 2.72. The van der Waals surface area contributed by atoms with Crippen molar-refractivity contribution < 1.29 is 14.7 Å². The van der Waals surface area contributed by atoms with Crippen LogP contribution in [0.15, 0.2) is 12.3 Å². The quantitative estimate of drug-likeness (QED) is 0.842. The highest BCUT2D eigenvalue weighted by atomic mass is 35.5. The first-order valence-corrected chi connectivity index (χ1v) is 6.61. The summed E-state index contributed by atoms with van der Waals surface area (Å²) in [5.74, 6) is -1.84. The fraction of sp³-hybridized carbons (Fsp3) is 0.538. The van der Waals surface area contributed by atoms with Crippen molar-refractivity contribution in [2.24, 2.45) is 11.8 Å². The van der Waals surface area contributed by atoms with Gasteiger partial charge >= 0.3 is 5.97 Å². The van der Waals surface area contributed by atoms with Gasteiger partial charge in [-0.05, 0) is 18.9 Å². The van der Waals surface area contributed by atoms with Crippen molar-refractivity contribution in [3.05, 3.63) is 23.0 Å². The minimum Gasteiger partial charge on any atom is -0.481 e. The Hall–Kier alpha value is -1.49. The molecular weight excluding hydrogens is 268 g/mol. The van der Waals surface area contributed by atoms with Crippen molar-refractivity contribution in [1.82, 2.24) is 9.88 Å². The highest BCUT2D eigenvalue weighted by Gasteiger charge is 2.23. The summed E-state index contributed by atoms with van der Waals surface area (Å²) in [7, 11) is 0. The second kappa shape index (κ2) is 6.61. The molecule has 6 heteroatoms.